The molecule has 0 saturated carbocycles. The highest BCUT2D eigenvalue weighted by molar-refractivity contribution is 8.00. The molecule has 2 rings (SSSR count). The number of aliphatic hydroxyl groups excluding tert-OH is 1. The van der Waals surface area contributed by atoms with Crippen LogP contribution in [0.3, 0.4) is 0 Å². The van der Waals surface area contributed by atoms with Crippen molar-refractivity contribution >= 4 is 11.8 Å². The number of nitrogens with zero attached hydrogens (tertiary/aromatic N) is 1. The summed E-state index contributed by atoms with van der Waals surface area (Å²) in [7, 11) is 0. The molecule has 19 heavy (non-hydrogen) atoms. The normalized spacial score (nSPS) is 13.3. The van der Waals surface area contributed by atoms with Crippen LogP contribution in [-0.4, -0.2) is 14.8 Å². The van der Waals surface area contributed by atoms with Crippen molar-refractivity contribution in [2.24, 2.45) is 0 Å². The van der Waals surface area contributed by atoms with Crippen molar-refractivity contribution in [2.45, 2.75) is 36.6 Å². The maximum Gasteiger partial charge on any atom is 0.106 e. The van der Waals surface area contributed by atoms with E-state index < -0.39 is 6.10 Å². The van der Waals surface area contributed by atoms with E-state index in [-0.39, 0.29) is 4.75 Å². The summed E-state index contributed by atoms with van der Waals surface area (Å²) < 4.78 is 0.145. The molecule has 3 heteroatoms. The maximum absolute atomic E-state index is 10.3. The lowest BCUT2D eigenvalue weighted by Gasteiger charge is -2.17. The molecule has 0 saturated heterocycles. The van der Waals surface area contributed by atoms with Gasteiger partial charge in [0.25, 0.3) is 0 Å². The van der Waals surface area contributed by atoms with Gasteiger partial charge in [0.2, 0.25) is 0 Å². The second-order valence-electron chi connectivity index (χ2n) is 5.46. The van der Waals surface area contributed by atoms with E-state index >= 15 is 0 Å². The first-order valence-electron chi connectivity index (χ1n) is 6.34. The SMILES string of the molecule is CC(C)(C)Sc1ccc([C@@H](O)c2ccccc2)cn1. The summed E-state index contributed by atoms with van der Waals surface area (Å²) in [5.74, 6) is 0. The lowest BCUT2D eigenvalue weighted by Crippen LogP contribution is -2.07. The Balaban J connectivity index is 2.15. The van der Waals surface area contributed by atoms with Crippen LogP contribution in [0, 0.1) is 0 Å². The van der Waals surface area contributed by atoms with Gasteiger partial charge in [-0.05, 0) is 11.6 Å². The van der Waals surface area contributed by atoms with Crippen molar-refractivity contribution in [3.8, 4) is 0 Å². The van der Waals surface area contributed by atoms with Gasteiger partial charge in [0.15, 0.2) is 0 Å². The molecule has 1 aromatic heterocycles. The summed E-state index contributed by atoms with van der Waals surface area (Å²) in [6.45, 7) is 6.48. The molecule has 0 aliphatic rings. The van der Waals surface area contributed by atoms with E-state index in [0.29, 0.717) is 0 Å². The predicted octanol–water partition coefficient (Wildman–Crippen LogP) is 4.05. The Morgan fingerprint density at radius 1 is 1.00 bits per heavy atom. The number of hydrogen-bond acceptors (Lipinski definition) is 3. The molecule has 2 nitrogen and oxygen atoms in total. The first kappa shape index (κ1) is 14.1. The first-order chi connectivity index (χ1) is 8.96. The fourth-order valence-electron chi connectivity index (χ4n) is 1.76. The summed E-state index contributed by atoms with van der Waals surface area (Å²) >= 11 is 1.72. The van der Waals surface area contributed by atoms with E-state index in [2.05, 4.69) is 25.8 Å². The standard InChI is InChI=1S/C16H19NOS/c1-16(2,3)19-14-10-9-13(11-17-14)15(18)12-7-5-4-6-8-12/h4-11,15,18H,1-3H3/t15-/m0/s1. The second-order valence-corrected chi connectivity index (χ2v) is 7.30. The van der Waals surface area contributed by atoms with Gasteiger partial charge in [-0.25, -0.2) is 4.98 Å². The molecule has 0 aliphatic carbocycles. The van der Waals surface area contributed by atoms with Crippen LogP contribution in [0.15, 0.2) is 53.7 Å². The smallest absolute Gasteiger partial charge is 0.106 e. The fraction of sp³-hybridized carbons (Fsp3) is 0.312. The van der Waals surface area contributed by atoms with E-state index in [1.807, 2.05) is 42.5 Å². The van der Waals surface area contributed by atoms with E-state index in [4.69, 9.17) is 0 Å². The maximum atomic E-state index is 10.3. The summed E-state index contributed by atoms with van der Waals surface area (Å²) in [6.07, 6.45) is 1.15. The monoisotopic (exact) mass is 273 g/mol. The third-order valence-electron chi connectivity index (χ3n) is 2.60. The molecule has 0 unspecified atom stereocenters. The van der Waals surface area contributed by atoms with Crippen LogP contribution >= 0.6 is 11.8 Å². The van der Waals surface area contributed by atoms with Gasteiger partial charge in [0.1, 0.15) is 6.10 Å². The molecule has 0 spiro atoms. The Hall–Kier alpha value is -1.32. The highest BCUT2D eigenvalue weighted by Crippen LogP contribution is 2.31. The van der Waals surface area contributed by atoms with Gasteiger partial charge in [-0.2, -0.15) is 0 Å². The van der Waals surface area contributed by atoms with Gasteiger partial charge in [-0.1, -0.05) is 57.2 Å². The third-order valence-corrected chi connectivity index (χ3v) is 3.66. The molecule has 100 valence electrons. The molecule has 1 atom stereocenters. The van der Waals surface area contributed by atoms with Crippen LogP contribution in [-0.2, 0) is 0 Å². The van der Waals surface area contributed by atoms with E-state index in [1.165, 1.54) is 0 Å². The number of pyridine rings is 1. The molecule has 1 heterocycles. The number of thioether (sulfide) groups is 1. The highest BCUT2D eigenvalue weighted by Gasteiger charge is 2.14. The zero-order chi connectivity index (χ0) is 13.9. The van der Waals surface area contributed by atoms with E-state index in [9.17, 15) is 5.11 Å². The Bertz CT molecular complexity index is 517. The number of benzene rings is 1. The predicted molar refractivity (Wildman–Crippen MR) is 80.4 cm³/mol. The minimum atomic E-state index is -0.609. The lowest BCUT2D eigenvalue weighted by molar-refractivity contribution is 0.219. The van der Waals surface area contributed by atoms with Crippen LogP contribution in [0.2, 0.25) is 0 Å². The van der Waals surface area contributed by atoms with Crippen LogP contribution in [0.1, 0.15) is 38.0 Å². The Labute approximate surface area is 118 Å². The van der Waals surface area contributed by atoms with Gasteiger partial charge in [-0.3, -0.25) is 0 Å². The first-order valence-corrected chi connectivity index (χ1v) is 7.15. The number of aromatic nitrogens is 1. The summed E-state index contributed by atoms with van der Waals surface area (Å²) in [6, 6.07) is 13.5. The molecule has 1 aromatic carbocycles. The summed E-state index contributed by atoms with van der Waals surface area (Å²) in [4.78, 5) is 4.41. The zero-order valence-electron chi connectivity index (χ0n) is 11.5. The fourth-order valence-corrected chi connectivity index (χ4v) is 2.62. The number of aliphatic hydroxyl groups is 1. The molecule has 0 bridgehead atoms. The van der Waals surface area contributed by atoms with Crippen molar-refractivity contribution in [1.29, 1.82) is 0 Å². The summed E-state index contributed by atoms with van der Waals surface area (Å²) in [5.41, 5.74) is 1.71. The molecule has 0 radical (unpaired) electrons. The van der Waals surface area contributed by atoms with Gasteiger partial charge < -0.3 is 5.11 Å². The Morgan fingerprint density at radius 2 is 1.68 bits per heavy atom. The molecule has 0 fully saturated rings. The number of hydrogen-bond donors (Lipinski definition) is 1. The van der Waals surface area contributed by atoms with Crippen molar-refractivity contribution in [3.05, 3.63) is 59.8 Å². The Morgan fingerprint density at radius 3 is 2.21 bits per heavy atom. The zero-order valence-corrected chi connectivity index (χ0v) is 12.3. The average molecular weight is 273 g/mol. The molecular formula is C16H19NOS. The quantitative estimate of drug-likeness (QED) is 0.856. The van der Waals surface area contributed by atoms with Crippen LogP contribution in [0.25, 0.3) is 0 Å². The third kappa shape index (κ3) is 4.08. The van der Waals surface area contributed by atoms with Gasteiger partial charge in [-0.15, -0.1) is 11.8 Å². The molecule has 0 amide bonds. The average Bonchev–Trinajstić information content (AvgIpc) is 2.38. The van der Waals surface area contributed by atoms with Gasteiger partial charge in [0, 0.05) is 16.5 Å². The van der Waals surface area contributed by atoms with Gasteiger partial charge in [0.05, 0.1) is 5.03 Å². The highest BCUT2D eigenvalue weighted by atomic mass is 32.2. The van der Waals surface area contributed by atoms with E-state index in [1.54, 1.807) is 18.0 Å². The Kier molecular flexibility index (Phi) is 4.27. The van der Waals surface area contributed by atoms with Crippen molar-refractivity contribution in [2.75, 3.05) is 0 Å². The van der Waals surface area contributed by atoms with Gasteiger partial charge >= 0.3 is 0 Å². The lowest BCUT2D eigenvalue weighted by atomic mass is 10.0. The molecule has 2 aromatic rings. The summed E-state index contributed by atoms with van der Waals surface area (Å²) in [5, 5.41) is 11.3. The van der Waals surface area contributed by atoms with Crippen LogP contribution < -0.4 is 0 Å². The van der Waals surface area contributed by atoms with Crippen LogP contribution in [0.4, 0.5) is 0 Å². The van der Waals surface area contributed by atoms with Crippen molar-refractivity contribution < 1.29 is 5.11 Å². The molecule has 0 aliphatic heterocycles. The number of rotatable bonds is 3. The van der Waals surface area contributed by atoms with Crippen molar-refractivity contribution in [1.82, 2.24) is 4.98 Å². The van der Waals surface area contributed by atoms with Crippen LogP contribution in [0.5, 0.6) is 0 Å². The minimum absolute atomic E-state index is 0.145. The second kappa shape index (κ2) is 5.76. The largest absolute Gasteiger partial charge is 0.384 e. The van der Waals surface area contributed by atoms with E-state index in [0.717, 1.165) is 16.2 Å². The molecular weight excluding hydrogens is 254 g/mol. The van der Waals surface area contributed by atoms with Crippen molar-refractivity contribution in [3.63, 3.8) is 0 Å². The topological polar surface area (TPSA) is 33.1 Å². The minimum Gasteiger partial charge on any atom is -0.384 e. The molecule has 1 N–H and O–H groups in total.